The van der Waals surface area contributed by atoms with E-state index in [9.17, 15) is 24.5 Å². The normalized spacial score (nSPS) is 13.1. The average Bonchev–Trinajstić information content (AvgIpc) is 3.54. The van der Waals surface area contributed by atoms with Gasteiger partial charge in [0.1, 0.15) is 6.04 Å². The number of carbonyl (C=O) groups excluding carboxylic acids is 3. The van der Waals surface area contributed by atoms with Crippen LogP contribution in [-0.4, -0.2) is 81.4 Å². The van der Waals surface area contributed by atoms with Gasteiger partial charge in [0.2, 0.25) is 11.8 Å². The number of esters is 1. The number of hydrogen-bond donors (Lipinski definition) is 2. The lowest BCUT2D eigenvalue weighted by molar-refractivity contribution is -0.384. The summed E-state index contributed by atoms with van der Waals surface area (Å²) in [4.78, 5) is 56.4. The number of thioether (sulfide) groups is 1. The molecule has 0 radical (unpaired) electrons. The highest BCUT2D eigenvalue weighted by molar-refractivity contribution is 7.98. The number of amides is 2. The second kappa shape index (κ2) is 18.9. The Kier molecular flexibility index (Phi) is 14.4. The second-order valence-electron chi connectivity index (χ2n) is 12.4. The first-order valence-corrected chi connectivity index (χ1v) is 18.1. The van der Waals surface area contributed by atoms with Gasteiger partial charge in [0, 0.05) is 49.7 Å². The van der Waals surface area contributed by atoms with Crippen molar-refractivity contribution in [1.29, 1.82) is 0 Å². The van der Waals surface area contributed by atoms with Gasteiger partial charge in [-0.25, -0.2) is 9.78 Å². The van der Waals surface area contributed by atoms with Gasteiger partial charge in [0.15, 0.2) is 0 Å². The predicted molar refractivity (Wildman–Crippen MR) is 196 cm³/mol. The third-order valence-corrected chi connectivity index (χ3v) is 9.49. The Bertz CT molecular complexity index is 1740. The van der Waals surface area contributed by atoms with E-state index in [-0.39, 0.29) is 42.4 Å². The van der Waals surface area contributed by atoms with Crippen molar-refractivity contribution in [3.63, 3.8) is 0 Å². The largest absolute Gasteiger partial charge is 0.467 e. The summed E-state index contributed by atoms with van der Waals surface area (Å²) in [5.41, 5.74) is 2.61. The Hall–Kier alpha value is -4.75. The number of rotatable bonds is 19. The van der Waals surface area contributed by atoms with Crippen LogP contribution in [0.15, 0.2) is 79.3 Å². The third kappa shape index (κ3) is 10.9. The van der Waals surface area contributed by atoms with Crippen LogP contribution in [0, 0.1) is 16.0 Å². The number of ether oxygens (including phenoxy) is 1. The molecule has 0 aliphatic heterocycles. The lowest BCUT2D eigenvalue weighted by Crippen LogP contribution is -2.51. The van der Waals surface area contributed by atoms with Crippen molar-refractivity contribution in [2.45, 2.75) is 58.3 Å². The van der Waals surface area contributed by atoms with Crippen LogP contribution in [-0.2, 0) is 38.6 Å². The van der Waals surface area contributed by atoms with Crippen molar-refractivity contribution >= 4 is 46.0 Å². The molecule has 0 saturated heterocycles. The Morgan fingerprint density at radius 2 is 1.78 bits per heavy atom. The van der Waals surface area contributed by atoms with Crippen LogP contribution < -0.4 is 10.6 Å². The molecule has 0 aliphatic rings. The second-order valence-corrected chi connectivity index (χ2v) is 13.4. The van der Waals surface area contributed by atoms with Gasteiger partial charge in [-0.05, 0) is 46.2 Å². The van der Waals surface area contributed by atoms with E-state index < -0.39 is 16.9 Å². The molecule has 12 nitrogen and oxygen atoms in total. The maximum Gasteiger partial charge on any atom is 0.328 e. The molecule has 2 N–H and O–H groups in total. The smallest absolute Gasteiger partial charge is 0.328 e. The number of aromatic nitrogens is 2. The van der Waals surface area contributed by atoms with Gasteiger partial charge >= 0.3 is 5.97 Å². The minimum absolute atomic E-state index is 0.0147. The molecule has 1 heterocycles. The molecule has 0 saturated carbocycles. The van der Waals surface area contributed by atoms with Gasteiger partial charge in [-0.1, -0.05) is 74.9 Å². The van der Waals surface area contributed by atoms with Crippen molar-refractivity contribution in [2.75, 3.05) is 32.2 Å². The number of nitro benzene ring substituents is 1. The van der Waals surface area contributed by atoms with Crippen molar-refractivity contribution in [1.82, 2.24) is 25.1 Å². The SMILES string of the molecule is CCC(C)[C@@H](CN(CC(=O)N[C@@H](CCSC)C(=O)OC)Cc1cccc2ccccc12)NC(=O)Cc1cncn1Cc1ccc([N+](=O)[O-])cc1. The topological polar surface area (TPSA) is 149 Å². The fourth-order valence-corrected chi connectivity index (χ4v) is 6.31. The fraction of sp³-hybridized carbons (Fsp3) is 0.405. The molecule has 0 spiro atoms. The van der Waals surface area contributed by atoms with Crippen molar-refractivity contribution in [3.8, 4) is 0 Å². The van der Waals surface area contributed by atoms with Crippen molar-refractivity contribution in [3.05, 3.63) is 106 Å². The standard InChI is InChI=1S/C37H46N6O6S/c1-5-26(2)34(40-35(44)19-31-20-38-25-42(31)21-27-13-15-30(16-14-27)43(47)48)23-41(22-29-11-8-10-28-9-6-7-12-32(28)29)24-36(45)39-33(17-18-50-4)37(46)49-3/h6-16,20,25-26,33-34H,5,17-19,21-24H2,1-4H3,(H,39,45)(H,40,44)/t26?,33-,34+/m0/s1. The number of nitro groups is 1. The number of carbonyl (C=O) groups is 3. The molecule has 1 aromatic heterocycles. The van der Waals surface area contributed by atoms with Crippen LogP contribution in [0.25, 0.3) is 10.8 Å². The van der Waals surface area contributed by atoms with Crippen LogP contribution in [0.4, 0.5) is 5.69 Å². The van der Waals surface area contributed by atoms with Gasteiger partial charge in [0.05, 0.1) is 31.3 Å². The van der Waals surface area contributed by atoms with Crippen LogP contribution in [0.1, 0.15) is 43.5 Å². The van der Waals surface area contributed by atoms with Crippen LogP contribution in [0.3, 0.4) is 0 Å². The molecule has 13 heteroatoms. The molecule has 266 valence electrons. The summed E-state index contributed by atoms with van der Waals surface area (Å²) in [5.74, 6) is -0.185. The molecule has 0 bridgehead atoms. The zero-order chi connectivity index (χ0) is 36.0. The van der Waals surface area contributed by atoms with Gasteiger partial charge in [-0.15, -0.1) is 0 Å². The summed E-state index contributed by atoms with van der Waals surface area (Å²) in [5, 5.41) is 19.3. The molecular formula is C37H46N6O6S. The molecule has 50 heavy (non-hydrogen) atoms. The first-order valence-electron chi connectivity index (χ1n) is 16.7. The highest BCUT2D eigenvalue weighted by Gasteiger charge is 2.26. The van der Waals surface area contributed by atoms with E-state index >= 15 is 0 Å². The summed E-state index contributed by atoms with van der Waals surface area (Å²) in [6, 6.07) is 19.5. The summed E-state index contributed by atoms with van der Waals surface area (Å²) < 4.78 is 6.81. The van der Waals surface area contributed by atoms with E-state index in [1.54, 1.807) is 36.4 Å². The zero-order valence-electron chi connectivity index (χ0n) is 29.0. The van der Waals surface area contributed by atoms with Crippen LogP contribution in [0.2, 0.25) is 0 Å². The zero-order valence-corrected chi connectivity index (χ0v) is 29.9. The van der Waals surface area contributed by atoms with Crippen molar-refractivity contribution in [2.24, 2.45) is 5.92 Å². The molecule has 4 rings (SSSR count). The summed E-state index contributed by atoms with van der Waals surface area (Å²) in [6.07, 6.45) is 6.57. The molecule has 0 aliphatic carbocycles. The van der Waals surface area contributed by atoms with E-state index in [0.717, 1.165) is 28.3 Å². The van der Waals surface area contributed by atoms with E-state index in [1.165, 1.54) is 19.2 Å². The lowest BCUT2D eigenvalue weighted by Gasteiger charge is -2.32. The molecule has 2 amide bonds. The maximum atomic E-state index is 13.6. The average molecular weight is 703 g/mol. The highest BCUT2D eigenvalue weighted by Crippen LogP contribution is 2.21. The van der Waals surface area contributed by atoms with Crippen LogP contribution in [0.5, 0.6) is 0 Å². The Labute approximate surface area is 297 Å². The van der Waals surface area contributed by atoms with Crippen molar-refractivity contribution < 1.29 is 24.0 Å². The molecule has 3 atom stereocenters. The number of hydrogen-bond acceptors (Lipinski definition) is 9. The van der Waals surface area contributed by atoms with Gasteiger partial charge in [-0.2, -0.15) is 11.8 Å². The maximum absolute atomic E-state index is 13.6. The molecule has 0 fully saturated rings. The fourth-order valence-electron chi connectivity index (χ4n) is 5.84. The quantitative estimate of drug-likeness (QED) is 0.0784. The summed E-state index contributed by atoms with van der Waals surface area (Å²) >= 11 is 1.59. The molecule has 4 aromatic rings. The lowest BCUT2D eigenvalue weighted by atomic mass is 9.97. The minimum atomic E-state index is -0.750. The van der Waals surface area contributed by atoms with Gasteiger partial charge < -0.3 is 19.9 Å². The molecule has 3 aromatic carbocycles. The Balaban J connectivity index is 1.52. The number of imidazole rings is 1. The first kappa shape index (κ1) is 38.1. The third-order valence-electron chi connectivity index (χ3n) is 8.85. The number of non-ortho nitro benzene ring substituents is 1. The number of methoxy groups -OCH3 is 1. The molecule has 1 unspecified atom stereocenters. The number of nitrogens with one attached hydrogen (secondary N) is 2. The summed E-state index contributed by atoms with van der Waals surface area (Å²) in [7, 11) is 1.31. The van der Waals surface area contributed by atoms with E-state index in [0.29, 0.717) is 37.5 Å². The van der Waals surface area contributed by atoms with E-state index in [4.69, 9.17) is 4.74 Å². The van der Waals surface area contributed by atoms with E-state index in [1.807, 2.05) is 40.0 Å². The predicted octanol–water partition coefficient (Wildman–Crippen LogP) is 4.98. The van der Waals surface area contributed by atoms with Gasteiger partial charge in [-0.3, -0.25) is 24.6 Å². The number of fused-ring (bicyclic) bond motifs is 1. The van der Waals surface area contributed by atoms with Gasteiger partial charge in [0.25, 0.3) is 5.69 Å². The Morgan fingerprint density at radius 3 is 2.48 bits per heavy atom. The number of nitrogens with zero attached hydrogens (tertiary/aromatic N) is 4. The van der Waals surface area contributed by atoms with Crippen LogP contribution >= 0.6 is 11.8 Å². The van der Waals surface area contributed by atoms with E-state index in [2.05, 4.69) is 47.7 Å². The highest BCUT2D eigenvalue weighted by atomic mass is 32.2. The monoisotopic (exact) mass is 702 g/mol. The number of benzene rings is 3. The summed E-state index contributed by atoms with van der Waals surface area (Å²) in [6.45, 7) is 5.42. The Morgan fingerprint density at radius 1 is 1.04 bits per heavy atom. The first-order chi connectivity index (χ1) is 24.1. The minimum Gasteiger partial charge on any atom is -0.467 e. The molecular weight excluding hydrogens is 657 g/mol.